The van der Waals surface area contributed by atoms with Gasteiger partial charge in [-0.1, -0.05) is 17.7 Å². The number of aryl methyl sites for hydroxylation is 1. The molecule has 2 N–H and O–H groups in total. The second-order valence-corrected chi connectivity index (χ2v) is 6.69. The van der Waals surface area contributed by atoms with Gasteiger partial charge in [0.05, 0.1) is 22.8 Å². The fourth-order valence-electron chi connectivity index (χ4n) is 2.95. The molecule has 0 fully saturated rings. The molecule has 3 heterocycles. The van der Waals surface area contributed by atoms with Crippen LogP contribution >= 0.6 is 11.6 Å². The minimum atomic E-state index is 0.510. The highest BCUT2D eigenvalue weighted by Crippen LogP contribution is 2.24. The molecule has 0 unspecified atom stereocenters. The number of pyridine rings is 1. The third kappa shape index (κ3) is 3.95. The number of hydrogen-bond donors (Lipinski definition) is 2. The van der Waals surface area contributed by atoms with Gasteiger partial charge in [-0.3, -0.25) is 0 Å². The summed E-state index contributed by atoms with van der Waals surface area (Å²) in [4.78, 5) is 13.2. The Balaban J connectivity index is 1.53. The second-order valence-electron chi connectivity index (χ2n) is 6.26. The highest BCUT2D eigenvalue weighted by atomic mass is 35.5. The Labute approximate surface area is 172 Å². The van der Waals surface area contributed by atoms with Crippen molar-refractivity contribution in [1.29, 1.82) is 5.26 Å². The van der Waals surface area contributed by atoms with Crippen molar-refractivity contribution in [2.24, 2.45) is 0 Å². The van der Waals surface area contributed by atoms with Crippen LogP contribution in [-0.4, -0.2) is 37.8 Å². The first-order valence-electron chi connectivity index (χ1n) is 8.97. The highest BCUT2D eigenvalue weighted by molar-refractivity contribution is 6.30. The topological polar surface area (TPSA) is 104 Å². The Hall–Kier alpha value is -3.70. The zero-order valence-corrected chi connectivity index (χ0v) is 16.4. The van der Waals surface area contributed by atoms with E-state index in [1.807, 2.05) is 31.2 Å². The molecular formula is C20H17ClN8. The molecule has 144 valence electrons. The summed E-state index contributed by atoms with van der Waals surface area (Å²) in [7, 11) is 0. The van der Waals surface area contributed by atoms with Crippen LogP contribution in [0.15, 0.2) is 48.8 Å². The first kappa shape index (κ1) is 18.7. The van der Waals surface area contributed by atoms with Crippen molar-refractivity contribution in [2.45, 2.75) is 6.92 Å². The normalized spacial score (nSPS) is 10.7. The molecule has 0 aliphatic heterocycles. The number of hydrogen-bond acceptors (Lipinski definition) is 7. The maximum absolute atomic E-state index is 9.14. The Morgan fingerprint density at radius 1 is 1.10 bits per heavy atom. The number of anilines is 2. The lowest BCUT2D eigenvalue weighted by atomic mass is 10.3. The molecule has 3 aromatic heterocycles. The molecule has 0 radical (unpaired) electrons. The number of fused-ring (bicyclic) bond motifs is 1. The van der Waals surface area contributed by atoms with Crippen LogP contribution in [0.25, 0.3) is 16.7 Å². The summed E-state index contributed by atoms with van der Waals surface area (Å²) in [6.45, 7) is 2.99. The van der Waals surface area contributed by atoms with E-state index in [1.54, 1.807) is 29.2 Å². The van der Waals surface area contributed by atoms with E-state index in [-0.39, 0.29) is 0 Å². The first-order valence-corrected chi connectivity index (χ1v) is 9.34. The predicted octanol–water partition coefficient (Wildman–Crippen LogP) is 3.57. The molecule has 8 nitrogen and oxygen atoms in total. The molecular weight excluding hydrogens is 388 g/mol. The average Bonchev–Trinajstić information content (AvgIpc) is 3.15. The van der Waals surface area contributed by atoms with E-state index in [4.69, 9.17) is 16.9 Å². The average molecular weight is 405 g/mol. The van der Waals surface area contributed by atoms with Gasteiger partial charge in [-0.05, 0) is 37.3 Å². The van der Waals surface area contributed by atoms with E-state index in [2.05, 4.69) is 36.8 Å². The fraction of sp³-hybridized carbons (Fsp3) is 0.150. The third-order valence-electron chi connectivity index (χ3n) is 4.23. The summed E-state index contributed by atoms with van der Waals surface area (Å²) >= 11 is 6.11. The van der Waals surface area contributed by atoms with Gasteiger partial charge in [-0.25, -0.2) is 19.6 Å². The molecule has 0 atom stereocenters. The maximum atomic E-state index is 9.14. The summed E-state index contributed by atoms with van der Waals surface area (Å²) < 4.78 is 1.74. The number of halogens is 1. The summed E-state index contributed by atoms with van der Waals surface area (Å²) in [5.41, 5.74) is 2.04. The third-order valence-corrected chi connectivity index (χ3v) is 4.47. The second kappa shape index (κ2) is 8.12. The van der Waals surface area contributed by atoms with Crippen LogP contribution in [0.2, 0.25) is 5.02 Å². The van der Waals surface area contributed by atoms with Crippen LogP contribution in [0.4, 0.5) is 11.6 Å². The SMILES string of the molecule is Cc1nc(NCCNc2ncccc2C#N)c2cnn(-c3cccc(Cl)c3)c2n1. The van der Waals surface area contributed by atoms with Crippen LogP contribution in [0, 0.1) is 18.3 Å². The lowest BCUT2D eigenvalue weighted by Crippen LogP contribution is -2.16. The number of nitrogens with one attached hydrogen (secondary N) is 2. The lowest BCUT2D eigenvalue weighted by Gasteiger charge is -2.10. The number of rotatable bonds is 6. The van der Waals surface area contributed by atoms with E-state index in [9.17, 15) is 0 Å². The van der Waals surface area contributed by atoms with E-state index in [0.717, 1.165) is 11.1 Å². The monoisotopic (exact) mass is 404 g/mol. The number of nitrogens with zero attached hydrogens (tertiary/aromatic N) is 6. The van der Waals surface area contributed by atoms with Crippen molar-refractivity contribution in [2.75, 3.05) is 23.7 Å². The summed E-state index contributed by atoms with van der Waals surface area (Å²) in [6, 6.07) is 13.0. The zero-order chi connectivity index (χ0) is 20.2. The summed E-state index contributed by atoms with van der Waals surface area (Å²) in [5.74, 6) is 1.90. The van der Waals surface area contributed by atoms with Gasteiger partial charge in [-0.2, -0.15) is 10.4 Å². The van der Waals surface area contributed by atoms with E-state index < -0.39 is 0 Å². The Morgan fingerprint density at radius 3 is 2.72 bits per heavy atom. The van der Waals surface area contributed by atoms with Crippen molar-refractivity contribution >= 4 is 34.3 Å². The Kier molecular flexibility index (Phi) is 5.22. The van der Waals surface area contributed by atoms with Crippen molar-refractivity contribution in [3.63, 3.8) is 0 Å². The van der Waals surface area contributed by atoms with Gasteiger partial charge in [0.15, 0.2) is 5.65 Å². The Morgan fingerprint density at radius 2 is 1.93 bits per heavy atom. The van der Waals surface area contributed by atoms with Gasteiger partial charge >= 0.3 is 0 Å². The largest absolute Gasteiger partial charge is 0.368 e. The van der Waals surface area contributed by atoms with E-state index >= 15 is 0 Å². The number of aromatic nitrogens is 5. The molecule has 0 spiro atoms. The molecule has 29 heavy (non-hydrogen) atoms. The molecule has 0 saturated carbocycles. The van der Waals surface area contributed by atoms with Crippen molar-refractivity contribution < 1.29 is 0 Å². The fourth-order valence-corrected chi connectivity index (χ4v) is 3.13. The van der Waals surface area contributed by atoms with Gasteiger partial charge < -0.3 is 10.6 Å². The van der Waals surface area contributed by atoms with Crippen LogP contribution < -0.4 is 10.6 Å². The standard InChI is InChI=1S/C20H17ClN8/c1-13-27-19(25-9-8-24-18-14(11-22)4-3-7-23-18)17-12-26-29(20(17)28-13)16-6-2-5-15(21)10-16/h2-7,10,12H,8-9H2,1H3,(H,23,24)(H,25,27,28). The maximum Gasteiger partial charge on any atom is 0.168 e. The summed E-state index contributed by atoms with van der Waals surface area (Å²) in [6.07, 6.45) is 3.39. The molecule has 0 bridgehead atoms. The number of nitriles is 1. The molecule has 9 heteroatoms. The minimum Gasteiger partial charge on any atom is -0.368 e. The molecule has 4 aromatic rings. The number of benzene rings is 1. The highest BCUT2D eigenvalue weighted by Gasteiger charge is 2.13. The molecule has 0 aliphatic rings. The van der Waals surface area contributed by atoms with Crippen LogP contribution in [0.3, 0.4) is 0 Å². The van der Waals surface area contributed by atoms with Gasteiger partial charge in [0.25, 0.3) is 0 Å². The van der Waals surface area contributed by atoms with Gasteiger partial charge in [0.2, 0.25) is 0 Å². The van der Waals surface area contributed by atoms with Crippen LogP contribution in [0.1, 0.15) is 11.4 Å². The van der Waals surface area contributed by atoms with Crippen molar-refractivity contribution in [1.82, 2.24) is 24.7 Å². The quantitative estimate of drug-likeness (QED) is 0.473. The molecule has 0 amide bonds. The molecule has 4 rings (SSSR count). The van der Waals surface area contributed by atoms with Gasteiger partial charge in [0.1, 0.15) is 23.5 Å². The van der Waals surface area contributed by atoms with Crippen molar-refractivity contribution in [3.05, 3.63) is 65.2 Å². The molecule has 1 aromatic carbocycles. The van der Waals surface area contributed by atoms with Gasteiger partial charge in [0, 0.05) is 24.3 Å². The smallest absolute Gasteiger partial charge is 0.168 e. The van der Waals surface area contributed by atoms with Crippen LogP contribution in [0.5, 0.6) is 0 Å². The molecule has 0 aliphatic carbocycles. The van der Waals surface area contributed by atoms with Gasteiger partial charge in [-0.15, -0.1) is 0 Å². The summed E-state index contributed by atoms with van der Waals surface area (Å²) in [5, 5.41) is 21.5. The van der Waals surface area contributed by atoms with E-state index in [0.29, 0.717) is 46.8 Å². The Bertz CT molecular complexity index is 1210. The lowest BCUT2D eigenvalue weighted by molar-refractivity contribution is 0.889. The minimum absolute atomic E-state index is 0.510. The zero-order valence-electron chi connectivity index (χ0n) is 15.6. The van der Waals surface area contributed by atoms with E-state index in [1.165, 1.54) is 0 Å². The predicted molar refractivity (Wildman–Crippen MR) is 112 cm³/mol. The van der Waals surface area contributed by atoms with Crippen LogP contribution in [-0.2, 0) is 0 Å². The first-order chi connectivity index (χ1) is 14.2. The van der Waals surface area contributed by atoms with Crippen molar-refractivity contribution in [3.8, 4) is 11.8 Å². The molecule has 0 saturated heterocycles.